The number of aliphatic imine (C=N–C) groups is 2. The van der Waals surface area contributed by atoms with E-state index in [2.05, 4.69) is 29.1 Å². The van der Waals surface area contributed by atoms with E-state index in [1.807, 2.05) is 0 Å². The summed E-state index contributed by atoms with van der Waals surface area (Å²) >= 11 is 0. The Morgan fingerprint density at radius 3 is 1.55 bits per heavy atom. The van der Waals surface area contributed by atoms with E-state index in [9.17, 15) is 0 Å². The first-order valence-corrected chi connectivity index (χ1v) is 8.07. The van der Waals surface area contributed by atoms with E-state index in [-0.39, 0.29) is 0 Å². The van der Waals surface area contributed by atoms with Crippen molar-refractivity contribution in [1.82, 2.24) is 5.32 Å². The zero-order valence-corrected chi connectivity index (χ0v) is 13.3. The smallest absolute Gasteiger partial charge is 0.195 e. The summed E-state index contributed by atoms with van der Waals surface area (Å²) in [4.78, 5) is 8.47. The molecule has 0 aliphatic carbocycles. The molecule has 0 aliphatic heterocycles. The zero-order valence-electron chi connectivity index (χ0n) is 13.3. The van der Waals surface area contributed by atoms with Gasteiger partial charge in [-0.2, -0.15) is 0 Å². The maximum absolute atomic E-state index is 5.75. The first-order chi connectivity index (χ1) is 9.70. The molecule has 118 valence electrons. The van der Waals surface area contributed by atoms with Gasteiger partial charge >= 0.3 is 0 Å². The molecule has 0 aliphatic rings. The quantitative estimate of drug-likeness (QED) is 0.309. The zero-order chi connectivity index (χ0) is 15.1. The molecule has 0 aromatic rings. The number of rotatable bonds is 11. The van der Waals surface area contributed by atoms with Gasteiger partial charge in [-0.3, -0.25) is 15.3 Å². The molecule has 5 heteroatoms. The van der Waals surface area contributed by atoms with Crippen molar-refractivity contribution in [2.24, 2.45) is 21.5 Å². The highest BCUT2D eigenvalue weighted by atomic mass is 15.2. The van der Waals surface area contributed by atoms with Crippen LogP contribution in [0.1, 0.15) is 71.6 Å². The molecule has 0 saturated heterocycles. The molecule has 0 fully saturated rings. The Bertz CT molecular complexity index is 273. The summed E-state index contributed by atoms with van der Waals surface area (Å²) in [5, 5.41) is 2.83. The SMILES string of the molecule is CCCCCCCN=C(N)NC(N)=NCCCCCC. The lowest BCUT2D eigenvalue weighted by Gasteiger charge is -2.05. The van der Waals surface area contributed by atoms with Crippen LogP contribution in [-0.2, 0) is 0 Å². The second-order valence-corrected chi connectivity index (χ2v) is 5.13. The monoisotopic (exact) mass is 283 g/mol. The van der Waals surface area contributed by atoms with E-state index in [4.69, 9.17) is 11.5 Å². The van der Waals surface area contributed by atoms with Gasteiger partial charge in [-0.15, -0.1) is 0 Å². The summed E-state index contributed by atoms with van der Waals surface area (Å²) < 4.78 is 0. The Hall–Kier alpha value is -1.26. The lowest BCUT2D eigenvalue weighted by molar-refractivity contribution is 0.638. The molecule has 0 aromatic heterocycles. The van der Waals surface area contributed by atoms with Crippen molar-refractivity contribution in [3.8, 4) is 0 Å². The summed E-state index contributed by atoms with van der Waals surface area (Å²) in [7, 11) is 0. The van der Waals surface area contributed by atoms with Crippen molar-refractivity contribution in [3.63, 3.8) is 0 Å². The fourth-order valence-corrected chi connectivity index (χ4v) is 1.86. The van der Waals surface area contributed by atoms with Gasteiger partial charge in [-0.05, 0) is 12.8 Å². The van der Waals surface area contributed by atoms with Crippen molar-refractivity contribution < 1.29 is 0 Å². The predicted molar refractivity (Wildman–Crippen MR) is 89.0 cm³/mol. The van der Waals surface area contributed by atoms with Crippen LogP contribution in [0.25, 0.3) is 0 Å². The van der Waals surface area contributed by atoms with Crippen LogP contribution < -0.4 is 16.8 Å². The Kier molecular flexibility index (Phi) is 13.3. The summed E-state index contributed by atoms with van der Waals surface area (Å²) in [6, 6.07) is 0. The Labute approximate surface area is 124 Å². The van der Waals surface area contributed by atoms with Gasteiger partial charge in [0, 0.05) is 13.1 Å². The topological polar surface area (TPSA) is 88.8 Å². The van der Waals surface area contributed by atoms with Crippen molar-refractivity contribution in [2.45, 2.75) is 71.6 Å². The van der Waals surface area contributed by atoms with Gasteiger partial charge in [0.15, 0.2) is 11.9 Å². The summed E-state index contributed by atoms with van der Waals surface area (Å²) in [5.74, 6) is 0.740. The van der Waals surface area contributed by atoms with Crippen molar-refractivity contribution in [2.75, 3.05) is 13.1 Å². The van der Waals surface area contributed by atoms with Crippen molar-refractivity contribution in [3.05, 3.63) is 0 Å². The molecule has 0 amide bonds. The first kappa shape index (κ1) is 18.7. The number of unbranched alkanes of at least 4 members (excludes halogenated alkanes) is 7. The molecule has 0 aromatic carbocycles. The normalized spacial score (nSPS) is 12.7. The molecule has 0 spiro atoms. The highest BCUT2D eigenvalue weighted by Gasteiger charge is 1.95. The standard InChI is InChI=1S/C15H33N5/c1-3-5-7-9-11-13-19-15(17)20-14(16)18-12-10-8-6-4-2/h3-13H2,1-2H3,(H5,16,17,18,19,20). The van der Waals surface area contributed by atoms with Crippen LogP contribution in [0, 0.1) is 0 Å². The van der Waals surface area contributed by atoms with E-state index < -0.39 is 0 Å². The van der Waals surface area contributed by atoms with E-state index in [0.717, 1.165) is 25.9 Å². The third kappa shape index (κ3) is 13.2. The van der Waals surface area contributed by atoms with Gasteiger partial charge in [0.05, 0.1) is 0 Å². The number of nitrogens with zero attached hydrogens (tertiary/aromatic N) is 2. The minimum absolute atomic E-state index is 0.369. The van der Waals surface area contributed by atoms with Crippen molar-refractivity contribution >= 4 is 11.9 Å². The Balaban J connectivity index is 3.65. The number of hydrogen-bond acceptors (Lipinski definition) is 2. The second kappa shape index (κ2) is 14.2. The molecule has 0 unspecified atom stereocenters. The van der Waals surface area contributed by atoms with Crippen LogP contribution in [0.4, 0.5) is 0 Å². The van der Waals surface area contributed by atoms with E-state index in [0.29, 0.717) is 11.9 Å². The van der Waals surface area contributed by atoms with Crippen LogP contribution in [0.5, 0.6) is 0 Å². The Morgan fingerprint density at radius 2 is 1.10 bits per heavy atom. The molecule has 0 atom stereocenters. The van der Waals surface area contributed by atoms with Crippen LogP contribution >= 0.6 is 0 Å². The van der Waals surface area contributed by atoms with Gasteiger partial charge in [-0.25, -0.2) is 0 Å². The molecule has 20 heavy (non-hydrogen) atoms. The third-order valence-electron chi connectivity index (χ3n) is 3.09. The van der Waals surface area contributed by atoms with Crippen LogP contribution in [0.15, 0.2) is 9.98 Å². The second-order valence-electron chi connectivity index (χ2n) is 5.13. The highest BCUT2D eigenvalue weighted by molar-refractivity contribution is 5.96. The average molecular weight is 283 g/mol. The molecule has 0 rings (SSSR count). The minimum atomic E-state index is 0.369. The molecule has 0 bridgehead atoms. The molecular weight excluding hydrogens is 250 g/mol. The maximum Gasteiger partial charge on any atom is 0.195 e. The van der Waals surface area contributed by atoms with Gasteiger partial charge < -0.3 is 11.5 Å². The highest BCUT2D eigenvalue weighted by Crippen LogP contribution is 2.02. The van der Waals surface area contributed by atoms with E-state index >= 15 is 0 Å². The Morgan fingerprint density at radius 1 is 0.700 bits per heavy atom. The van der Waals surface area contributed by atoms with Crippen LogP contribution in [-0.4, -0.2) is 25.0 Å². The largest absolute Gasteiger partial charge is 0.370 e. The maximum atomic E-state index is 5.75. The van der Waals surface area contributed by atoms with Gasteiger partial charge in [0.1, 0.15) is 0 Å². The number of nitrogens with two attached hydrogens (primary N) is 2. The van der Waals surface area contributed by atoms with Crippen molar-refractivity contribution in [1.29, 1.82) is 0 Å². The number of nitrogens with one attached hydrogen (secondary N) is 1. The molecule has 0 saturated carbocycles. The summed E-state index contributed by atoms with van der Waals surface area (Å²) in [6.07, 6.45) is 10.9. The average Bonchev–Trinajstić information content (AvgIpc) is 2.42. The fraction of sp³-hybridized carbons (Fsp3) is 0.867. The molecule has 0 radical (unpaired) electrons. The summed E-state index contributed by atoms with van der Waals surface area (Å²) in [5.41, 5.74) is 11.5. The first-order valence-electron chi connectivity index (χ1n) is 8.07. The van der Waals surface area contributed by atoms with Crippen LogP contribution in [0.3, 0.4) is 0 Å². The minimum Gasteiger partial charge on any atom is -0.370 e. The number of guanidine groups is 2. The van der Waals surface area contributed by atoms with Gasteiger partial charge in [0.2, 0.25) is 0 Å². The van der Waals surface area contributed by atoms with E-state index in [1.165, 1.54) is 44.9 Å². The molecule has 0 heterocycles. The molecule has 5 N–H and O–H groups in total. The van der Waals surface area contributed by atoms with Crippen LogP contribution in [0.2, 0.25) is 0 Å². The summed E-state index contributed by atoms with van der Waals surface area (Å²) in [6.45, 7) is 5.92. The van der Waals surface area contributed by atoms with E-state index in [1.54, 1.807) is 0 Å². The fourth-order valence-electron chi connectivity index (χ4n) is 1.86. The molecule has 5 nitrogen and oxygen atoms in total. The third-order valence-corrected chi connectivity index (χ3v) is 3.09. The van der Waals surface area contributed by atoms with Gasteiger partial charge in [0.25, 0.3) is 0 Å². The molecular formula is C15H33N5. The number of hydrogen-bond donors (Lipinski definition) is 3. The lowest BCUT2D eigenvalue weighted by Crippen LogP contribution is -2.41. The predicted octanol–water partition coefficient (Wildman–Crippen LogP) is 2.76. The van der Waals surface area contributed by atoms with Gasteiger partial charge in [-0.1, -0.05) is 58.8 Å². The lowest BCUT2D eigenvalue weighted by atomic mass is 10.2.